The van der Waals surface area contributed by atoms with Crippen LogP contribution in [-0.4, -0.2) is 36.3 Å². The first-order valence-corrected chi connectivity index (χ1v) is 13.0. The highest BCUT2D eigenvalue weighted by Gasteiger charge is 2.33. The van der Waals surface area contributed by atoms with E-state index in [0.29, 0.717) is 26.2 Å². The van der Waals surface area contributed by atoms with Gasteiger partial charge in [0.05, 0.1) is 25.7 Å². The fourth-order valence-corrected chi connectivity index (χ4v) is 6.22. The highest BCUT2D eigenvalue weighted by Crippen LogP contribution is 2.40. The van der Waals surface area contributed by atoms with E-state index in [-0.39, 0.29) is 11.7 Å². The molecule has 1 amide bonds. The summed E-state index contributed by atoms with van der Waals surface area (Å²) in [6, 6.07) is 22.9. The largest absolute Gasteiger partial charge is 0.345 e. The van der Waals surface area contributed by atoms with Crippen LogP contribution >= 0.6 is 22.9 Å². The van der Waals surface area contributed by atoms with Crippen LogP contribution in [0.5, 0.6) is 0 Å². The highest BCUT2D eigenvalue weighted by molar-refractivity contribution is 7.22. The number of thiophene rings is 1. The Morgan fingerprint density at radius 1 is 0.794 bits per heavy atom. The molecule has 3 nitrogen and oxygen atoms in total. The van der Waals surface area contributed by atoms with Crippen LogP contribution in [0.2, 0.25) is 5.02 Å². The summed E-state index contributed by atoms with van der Waals surface area (Å²) < 4.78 is 1.52. The fraction of sp³-hybridized carbons (Fsp3) is 0.241. The lowest BCUT2D eigenvalue weighted by Gasteiger charge is -2.30. The topological polar surface area (TPSA) is 34.1 Å². The van der Waals surface area contributed by atoms with Gasteiger partial charge in [-0.05, 0) is 61.6 Å². The number of rotatable bonds is 4. The molecule has 0 N–H and O–H groups in total. The van der Waals surface area contributed by atoms with E-state index >= 15 is 0 Å². The summed E-state index contributed by atoms with van der Waals surface area (Å²) in [5.41, 5.74) is 2.94. The number of hydrogen-bond donors (Lipinski definition) is 0. The van der Waals surface area contributed by atoms with Gasteiger partial charge in [0.15, 0.2) is 5.78 Å². The number of halogens is 1. The third-order valence-electron chi connectivity index (χ3n) is 6.87. The molecule has 1 fully saturated rings. The van der Waals surface area contributed by atoms with Crippen molar-refractivity contribution in [2.24, 2.45) is 0 Å². The van der Waals surface area contributed by atoms with Gasteiger partial charge in [-0.2, -0.15) is 0 Å². The predicted octanol–water partition coefficient (Wildman–Crippen LogP) is 7.61. The van der Waals surface area contributed by atoms with Crippen molar-refractivity contribution in [1.29, 1.82) is 0 Å². The van der Waals surface area contributed by atoms with Gasteiger partial charge in [0.2, 0.25) is 0 Å². The maximum Gasteiger partial charge on any atom is 0.345 e. The molecule has 34 heavy (non-hydrogen) atoms. The standard InChI is InChI=1S/C29H27ClNO2S/c1-31(18-6-2-3-7-19-31)29(33)22-12-10-20(11-13-22)27(32)26-24-8-4-5-9-25(24)34-28(26)21-14-16-23(30)17-15-21/h4-5,8-17H,2-3,6-7,18-19H2,1H3/q+1. The Hall–Kier alpha value is -2.79. The molecule has 0 radical (unpaired) electrons. The molecule has 5 heteroatoms. The van der Waals surface area contributed by atoms with E-state index in [2.05, 4.69) is 0 Å². The Morgan fingerprint density at radius 3 is 2.09 bits per heavy atom. The maximum atomic E-state index is 13.8. The van der Waals surface area contributed by atoms with Crippen LogP contribution < -0.4 is 0 Å². The van der Waals surface area contributed by atoms with Gasteiger partial charge < -0.3 is 0 Å². The normalized spacial score (nSPS) is 15.7. The van der Waals surface area contributed by atoms with Crippen molar-refractivity contribution in [3.63, 3.8) is 0 Å². The van der Waals surface area contributed by atoms with Gasteiger partial charge in [-0.15, -0.1) is 11.3 Å². The van der Waals surface area contributed by atoms with Crippen LogP contribution in [0.25, 0.3) is 20.5 Å². The second-order valence-corrected chi connectivity index (χ2v) is 10.8. The van der Waals surface area contributed by atoms with Gasteiger partial charge in [-0.25, -0.2) is 4.79 Å². The third kappa shape index (κ3) is 4.34. The summed E-state index contributed by atoms with van der Waals surface area (Å²) in [6.45, 7) is 1.76. The Labute approximate surface area is 209 Å². The molecule has 4 aromatic rings. The van der Waals surface area contributed by atoms with E-state index in [1.54, 1.807) is 23.5 Å². The van der Waals surface area contributed by atoms with E-state index in [9.17, 15) is 9.59 Å². The van der Waals surface area contributed by atoms with Crippen LogP contribution in [0, 0.1) is 0 Å². The van der Waals surface area contributed by atoms with Crippen molar-refractivity contribution in [3.05, 3.63) is 94.5 Å². The molecule has 1 aromatic heterocycles. The van der Waals surface area contributed by atoms with E-state index < -0.39 is 0 Å². The molecule has 2 heterocycles. The van der Waals surface area contributed by atoms with Crippen molar-refractivity contribution in [1.82, 2.24) is 0 Å². The summed E-state index contributed by atoms with van der Waals surface area (Å²) in [4.78, 5) is 28.0. The average Bonchev–Trinajstić information content (AvgIpc) is 3.10. The molecular weight excluding hydrogens is 462 g/mol. The smallest absolute Gasteiger partial charge is 0.289 e. The molecule has 5 rings (SSSR count). The summed E-state index contributed by atoms with van der Waals surface area (Å²) in [5.74, 6) is 0.111. The van der Waals surface area contributed by atoms with Crippen molar-refractivity contribution in [2.45, 2.75) is 25.7 Å². The van der Waals surface area contributed by atoms with Gasteiger partial charge in [0.25, 0.3) is 0 Å². The minimum Gasteiger partial charge on any atom is -0.289 e. The zero-order valence-corrected chi connectivity index (χ0v) is 20.8. The van der Waals surface area contributed by atoms with Crippen LogP contribution in [0.4, 0.5) is 0 Å². The van der Waals surface area contributed by atoms with E-state index in [0.717, 1.165) is 46.5 Å². The molecule has 172 valence electrons. The second kappa shape index (κ2) is 9.46. The molecule has 0 spiro atoms. The van der Waals surface area contributed by atoms with Gasteiger partial charge in [0.1, 0.15) is 0 Å². The van der Waals surface area contributed by atoms with Crippen molar-refractivity contribution in [2.75, 3.05) is 20.1 Å². The first kappa shape index (κ1) is 23.0. The second-order valence-electron chi connectivity index (χ2n) is 9.28. The van der Waals surface area contributed by atoms with Crippen molar-refractivity contribution < 1.29 is 14.1 Å². The fourth-order valence-electron chi connectivity index (χ4n) is 4.89. The van der Waals surface area contributed by atoms with E-state index in [1.807, 2.05) is 67.7 Å². The summed E-state index contributed by atoms with van der Waals surface area (Å²) >= 11 is 7.71. The van der Waals surface area contributed by atoms with Gasteiger partial charge in [-0.1, -0.05) is 54.1 Å². The van der Waals surface area contributed by atoms with Crippen molar-refractivity contribution in [3.8, 4) is 10.4 Å². The minimum absolute atomic E-state index is 0.0310. The number of benzene rings is 3. The minimum atomic E-state index is -0.0310. The van der Waals surface area contributed by atoms with Gasteiger partial charge in [0, 0.05) is 31.1 Å². The Morgan fingerprint density at radius 2 is 1.41 bits per heavy atom. The Kier molecular flexibility index (Phi) is 6.39. The van der Waals surface area contributed by atoms with Crippen LogP contribution in [0.15, 0.2) is 72.8 Å². The molecule has 1 aliphatic heterocycles. The molecule has 0 unspecified atom stereocenters. The highest BCUT2D eigenvalue weighted by atomic mass is 35.5. The molecule has 0 bridgehead atoms. The van der Waals surface area contributed by atoms with E-state index in [1.165, 1.54) is 12.8 Å². The van der Waals surface area contributed by atoms with E-state index in [4.69, 9.17) is 11.6 Å². The Balaban J connectivity index is 1.50. The summed E-state index contributed by atoms with van der Waals surface area (Å²) in [7, 11) is 2.04. The lowest BCUT2D eigenvalue weighted by atomic mass is 9.97. The number of carbonyl (C=O) groups excluding carboxylic acids is 2. The SMILES string of the molecule is C[N+]1(C(=O)c2ccc(C(=O)c3c(-c4ccc(Cl)cc4)sc4ccccc34)cc2)CCCCCC1. The zero-order chi connectivity index (χ0) is 23.7. The molecule has 0 saturated carbocycles. The lowest BCUT2D eigenvalue weighted by Crippen LogP contribution is -2.49. The molecule has 0 atom stereocenters. The first-order chi connectivity index (χ1) is 16.5. The summed E-state index contributed by atoms with van der Waals surface area (Å²) in [6.07, 6.45) is 4.55. The number of likely N-dealkylation sites (tertiary alicyclic amines) is 1. The number of amides is 1. The Bertz CT molecular complexity index is 1350. The number of fused-ring (bicyclic) bond motifs is 1. The molecule has 3 aromatic carbocycles. The molecular formula is C29H27ClNO2S+. The van der Waals surface area contributed by atoms with Gasteiger partial charge in [-0.3, -0.25) is 9.28 Å². The number of quaternary nitrogens is 1. The number of nitrogens with zero attached hydrogens (tertiary/aromatic N) is 1. The first-order valence-electron chi connectivity index (χ1n) is 11.8. The molecule has 1 aliphatic rings. The quantitative estimate of drug-likeness (QED) is 0.219. The van der Waals surface area contributed by atoms with Crippen LogP contribution in [0.3, 0.4) is 0 Å². The zero-order valence-electron chi connectivity index (χ0n) is 19.2. The monoisotopic (exact) mass is 488 g/mol. The predicted molar refractivity (Wildman–Crippen MR) is 141 cm³/mol. The average molecular weight is 489 g/mol. The molecule has 0 aliphatic carbocycles. The van der Waals surface area contributed by atoms with Crippen LogP contribution in [0.1, 0.15) is 52.0 Å². The lowest BCUT2D eigenvalue weighted by molar-refractivity contribution is -0.827. The molecule has 1 saturated heterocycles. The number of hydrogen-bond acceptors (Lipinski definition) is 3. The van der Waals surface area contributed by atoms with Gasteiger partial charge >= 0.3 is 5.91 Å². The number of ketones is 1. The van der Waals surface area contributed by atoms with Crippen molar-refractivity contribution >= 4 is 44.7 Å². The number of carbonyl (C=O) groups is 2. The van der Waals surface area contributed by atoms with Crippen LogP contribution in [-0.2, 0) is 0 Å². The maximum absolute atomic E-state index is 13.8. The third-order valence-corrected chi connectivity index (χ3v) is 8.34. The summed E-state index contributed by atoms with van der Waals surface area (Å²) in [5, 5.41) is 1.61.